The average molecular weight is 1640 g/mol. The van der Waals surface area contributed by atoms with Crippen LogP contribution in [0.15, 0.2) is 122 Å². The second-order valence-electron chi connectivity index (χ2n) is 27.2. The molecule has 4 aliphatic heterocycles. The summed E-state index contributed by atoms with van der Waals surface area (Å²) in [5.41, 5.74) is -0.977. The molecule has 12 heterocycles. The van der Waals surface area contributed by atoms with Crippen LogP contribution in [-0.2, 0) is 26.0 Å². The lowest BCUT2D eigenvalue weighted by Gasteiger charge is -2.32. The number of nitrogens with one attached hydrogen (secondary N) is 4. The van der Waals surface area contributed by atoms with E-state index in [2.05, 4.69) is 39.9 Å². The minimum Gasteiger partial charge on any atom is -0.367 e. The van der Waals surface area contributed by atoms with Crippen LogP contribution >= 0.6 is 45.3 Å². The normalized spacial score (nSPS) is 21.9. The summed E-state index contributed by atoms with van der Waals surface area (Å²) in [6.45, 7) is 5.50. The van der Waals surface area contributed by atoms with Crippen molar-refractivity contribution in [2.24, 2.45) is 0 Å². The van der Waals surface area contributed by atoms with Crippen LogP contribution in [0.3, 0.4) is 0 Å². The standard InChI is InChI=1S/4C21H24F2N4S/c4*1-13(2)19-10-18-20(24-12-25-21(18)28-19)26-17-3-5-27(6-4-17)11-14-7-15(22)9-16(23)8-14/h4*7-10,12-13,17H,3-6,11H2,1-2H3,(H,24,25,26)/i7D,8D,9D,10D,11D2,12D,13D,17D;10D,11D2,12D,13D,17D;10D,11D2,13D,17D;10D,11D,13D,17D/hD4. The van der Waals surface area contributed by atoms with Gasteiger partial charge in [-0.3, -0.25) is 19.6 Å². The summed E-state index contributed by atoms with van der Waals surface area (Å²) in [5.74, 6) is -12.4. The van der Waals surface area contributed by atoms with E-state index in [0.717, 1.165) is 91.3 Å². The third kappa shape index (κ3) is 22.1. The van der Waals surface area contributed by atoms with Gasteiger partial charge < -0.3 is 21.2 Å². The third-order valence-corrected chi connectivity index (χ3v) is 22.4. The monoisotopic (exact) mass is 1640 g/mol. The first-order valence-electron chi connectivity index (χ1n) is 49.5. The first-order chi connectivity index (χ1) is 64.7. The molecule has 28 heteroatoms. The number of benzene rings is 4. The van der Waals surface area contributed by atoms with E-state index in [4.69, 9.17) is 38.5 Å². The first kappa shape index (κ1) is 52.8. The second kappa shape index (κ2) is 37.7. The Morgan fingerprint density at radius 1 is 0.357 bits per heavy atom. The van der Waals surface area contributed by atoms with Crippen molar-refractivity contribution >= 4 is 109 Å². The summed E-state index contributed by atoms with van der Waals surface area (Å²) >= 11 is 4.55. The van der Waals surface area contributed by atoms with Crippen LogP contribution < -0.4 is 21.2 Å². The van der Waals surface area contributed by atoms with Crippen molar-refractivity contribution in [3.05, 3.63) is 210 Å². The number of nitrogens with zero attached hydrogens (tertiary/aromatic N) is 12. The van der Waals surface area contributed by atoms with Gasteiger partial charge in [0, 0.05) is 161 Å². The molecule has 0 amide bonds. The van der Waals surface area contributed by atoms with Crippen LogP contribution in [0.2, 0.25) is 5.65 Å². The van der Waals surface area contributed by atoms with Gasteiger partial charge in [-0.25, -0.2) is 75.0 Å². The number of rotatable bonds is 20. The molecule has 4 aliphatic rings. The molecule has 8 aromatic heterocycles. The van der Waals surface area contributed by atoms with Gasteiger partial charge in [-0.15, -0.1) is 45.3 Å². The fourth-order valence-electron chi connectivity index (χ4n) is 12.0. The minimum atomic E-state index is -2.68. The van der Waals surface area contributed by atoms with Crippen LogP contribution in [-0.4, -0.2) is 136 Å². The van der Waals surface area contributed by atoms with Gasteiger partial charge in [0.2, 0.25) is 0 Å². The Labute approximate surface area is 704 Å². The van der Waals surface area contributed by atoms with Crippen LogP contribution in [0.25, 0.3) is 40.9 Å². The molecule has 0 spiro atoms. The quantitative estimate of drug-likeness (QED) is 0.0532. The van der Waals surface area contributed by atoms with Crippen molar-refractivity contribution in [3.8, 4) is 0 Å². The number of likely N-dealkylation sites (tertiary alicyclic amines) is 4. The molecule has 0 saturated carbocycles. The average Bonchev–Trinajstić information content (AvgIpc) is 1.20. The van der Waals surface area contributed by atoms with Crippen molar-refractivity contribution < 1.29 is 73.7 Å². The van der Waals surface area contributed by atoms with Crippen LogP contribution in [0.4, 0.5) is 58.4 Å². The number of fused-ring (bicyclic) bond motifs is 4. The van der Waals surface area contributed by atoms with Crippen molar-refractivity contribution in [1.29, 1.82) is 0 Å². The van der Waals surface area contributed by atoms with Crippen LogP contribution in [0.5, 0.6) is 0 Å². The van der Waals surface area contributed by atoms with Gasteiger partial charge in [0.05, 0.1) is 36.6 Å². The molecule has 4 saturated heterocycles. The molecule has 1 unspecified atom stereocenters. The van der Waals surface area contributed by atoms with E-state index in [9.17, 15) is 35.1 Å². The van der Waals surface area contributed by atoms with Crippen molar-refractivity contribution in [2.45, 2.75) is 180 Å². The number of hydrogen-bond donors (Lipinski definition) is 4. The highest BCUT2D eigenvalue weighted by molar-refractivity contribution is 7.19. The molecule has 4 fully saturated rings. The van der Waals surface area contributed by atoms with Crippen molar-refractivity contribution in [1.82, 2.24) is 59.5 Å². The van der Waals surface area contributed by atoms with Gasteiger partial charge in [0.15, 0.2) is 5.65 Å². The predicted octanol–water partition coefficient (Wildman–Crippen LogP) is 20.7. The van der Waals surface area contributed by atoms with Gasteiger partial charge in [-0.1, -0.05) is 55.4 Å². The molecule has 0 radical (unpaired) electrons. The highest BCUT2D eigenvalue weighted by Crippen LogP contribution is 2.38. The molecule has 592 valence electrons. The molecule has 16 nitrogen and oxygen atoms in total. The number of thiophene rings is 4. The third-order valence-electron chi connectivity index (χ3n) is 17.6. The van der Waals surface area contributed by atoms with Gasteiger partial charge in [-0.05, 0) is 170 Å². The van der Waals surface area contributed by atoms with Gasteiger partial charge >= 0.3 is 0 Å². The summed E-state index contributed by atoms with van der Waals surface area (Å²) in [6, 6.07) is -1.27. The molecule has 112 heavy (non-hydrogen) atoms. The van der Waals surface area contributed by atoms with E-state index < -0.39 is 150 Å². The number of anilines is 4. The lowest BCUT2D eigenvalue weighted by Crippen LogP contribution is -2.38. The lowest BCUT2D eigenvalue weighted by atomic mass is 10.0. The zero-order valence-corrected chi connectivity index (χ0v) is 65.3. The number of piperidine rings is 4. The maximum Gasteiger partial charge on any atom is 0.162 e. The molecule has 4 aromatic carbocycles. The molecule has 0 aliphatic carbocycles. The molecular formula is C84H96F8N16S4. The molecule has 0 bridgehead atoms. The van der Waals surface area contributed by atoms with Crippen LogP contribution in [0, 0.1) is 46.5 Å². The Hall–Kier alpha value is -8.48. The van der Waals surface area contributed by atoms with E-state index in [1.54, 1.807) is 60.3 Å². The molecular weight excluding hydrogens is 1510 g/mol. The fourth-order valence-corrected chi connectivity index (χ4v) is 15.5. The van der Waals surface area contributed by atoms with Crippen LogP contribution in [0.1, 0.15) is 205 Å². The summed E-state index contributed by atoms with van der Waals surface area (Å²) < 4.78 is 346. The zero-order chi connectivity index (χ0) is 104. The second-order valence-corrected chi connectivity index (χ2v) is 31.2. The lowest BCUT2D eigenvalue weighted by molar-refractivity contribution is 0.211. The molecule has 4 N–H and O–H groups in total. The summed E-state index contributed by atoms with van der Waals surface area (Å²) in [7, 11) is 0. The van der Waals surface area contributed by atoms with Gasteiger partial charge in [-0.2, -0.15) is 0 Å². The topological polar surface area (TPSA) is 164 Å². The van der Waals surface area contributed by atoms with Crippen molar-refractivity contribution in [2.75, 3.05) is 73.6 Å². The molecule has 12 aromatic rings. The summed E-state index contributed by atoms with van der Waals surface area (Å²) in [5, 5.41) is 4.56. The Balaban J connectivity index is 0.000000157. The highest BCUT2D eigenvalue weighted by atomic mass is 32.1. The largest absolute Gasteiger partial charge is 0.367 e. The predicted molar refractivity (Wildman–Crippen MR) is 439 cm³/mol. The minimum absolute atomic E-state index is 0.000895. The van der Waals surface area contributed by atoms with Crippen molar-refractivity contribution in [3.63, 3.8) is 0 Å². The van der Waals surface area contributed by atoms with Gasteiger partial charge in [0.1, 0.15) is 117 Å². The Kier molecular flexibility index (Phi) is 17.8. The Morgan fingerprint density at radius 3 is 0.929 bits per heavy atom. The number of aromatic nitrogens is 8. The molecule has 16 rings (SSSR count). The summed E-state index contributed by atoms with van der Waals surface area (Å²) in [6.07, 6.45) is 1.97. The summed E-state index contributed by atoms with van der Waals surface area (Å²) in [4.78, 5) is 41.8. The van der Waals surface area contributed by atoms with E-state index in [1.807, 2.05) is 0 Å². The number of hydrogen-bond acceptors (Lipinski definition) is 20. The van der Waals surface area contributed by atoms with Gasteiger partial charge in [0.25, 0.3) is 0 Å². The van der Waals surface area contributed by atoms with E-state index in [-0.39, 0.29) is 190 Å². The van der Waals surface area contributed by atoms with E-state index in [1.165, 1.54) is 45.1 Å². The zero-order valence-electron chi connectivity index (χ0n) is 90.1. The smallest absolute Gasteiger partial charge is 0.162 e. The first-order valence-corrected chi connectivity index (χ1v) is 38.9. The SMILES string of the molecule is [2H]c1c(C([2H])(C)C)sc2ncnc(N([2H])C3([2H])CCN(C([2H])([2H])c4cc(F)cc(F)c4)CC3)c12.[2H]c1c(C([2H])(C)C)sc2ncnc(N([2H])C3([2H])CCN(C([2H])c4cc(F)cc(F)c4)CC3)c12.[2H]c1nc(N([2H])C2([2H])CCN(C([2H])([2H])c3c([2H])c(F)c([2H])c(F)c3[2H])CC2)c2c([2H])c(C([2H])(C)C)sc2n1.[2H]c1nc(N([2H])C2([2H])CCN(C([2H])([2H])c3cc(F)cc(F)c3)CC2)c2c([2H])c(C([2H])(C)C)sc2n1. The Morgan fingerprint density at radius 2 is 0.625 bits per heavy atom. The maximum atomic E-state index is 14.2. The van der Waals surface area contributed by atoms with E-state index >= 15 is 0 Å². The fraction of sp³-hybridized carbons (Fsp3) is 0.429. The van der Waals surface area contributed by atoms with E-state index in [0.29, 0.717) is 56.9 Å². The number of halogens is 8. The highest BCUT2D eigenvalue weighted by Gasteiger charge is 2.27. The maximum absolute atomic E-state index is 14.2. The Bertz CT molecular complexity index is 6570. The molecule has 1 atom stereocenters.